The molecule has 5 nitrogen and oxygen atoms in total. The average Bonchev–Trinajstić information content (AvgIpc) is 2.31. The molecule has 2 aromatic heterocycles. The van der Waals surface area contributed by atoms with Crippen LogP contribution in [0, 0.1) is 6.92 Å². The highest BCUT2D eigenvalue weighted by Crippen LogP contribution is 2.05. The van der Waals surface area contributed by atoms with Crippen LogP contribution in [0.4, 0.5) is 5.69 Å². The van der Waals surface area contributed by atoms with Gasteiger partial charge in [-0.25, -0.2) is 4.98 Å². The minimum absolute atomic E-state index is 0.287. The van der Waals surface area contributed by atoms with Gasteiger partial charge in [0.2, 0.25) is 0 Å². The van der Waals surface area contributed by atoms with Crippen molar-refractivity contribution >= 4 is 11.6 Å². The predicted octanol–water partition coefficient (Wildman–Crippen LogP) is 1.43. The zero-order valence-corrected chi connectivity index (χ0v) is 8.71. The molecule has 0 fully saturated rings. The number of carbonyl (C=O) groups is 1. The van der Waals surface area contributed by atoms with Crippen molar-refractivity contribution in [3.63, 3.8) is 0 Å². The number of pyridine rings is 1. The van der Waals surface area contributed by atoms with Crippen molar-refractivity contribution in [1.29, 1.82) is 0 Å². The fraction of sp³-hybridized carbons (Fsp3) is 0.0909. The highest BCUT2D eigenvalue weighted by Gasteiger charge is 2.07. The number of nitrogens with one attached hydrogen (secondary N) is 1. The lowest BCUT2D eigenvalue weighted by Gasteiger charge is -2.03. The summed E-state index contributed by atoms with van der Waals surface area (Å²) in [5.74, 6) is -0.291. The topological polar surface area (TPSA) is 67.8 Å². The predicted molar refractivity (Wildman–Crippen MR) is 59.0 cm³/mol. The summed E-state index contributed by atoms with van der Waals surface area (Å²) in [6.07, 6.45) is 6.21. The van der Waals surface area contributed by atoms with Gasteiger partial charge < -0.3 is 5.32 Å². The molecule has 2 rings (SSSR count). The lowest BCUT2D eigenvalue weighted by atomic mass is 10.3. The van der Waals surface area contributed by atoms with E-state index in [1.165, 1.54) is 6.20 Å². The Morgan fingerprint density at radius 1 is 1.25 bits per heavy atom. The monoisotopic (exact) mass is 214 g/mol. The van der Waals surface area contributed by atoms with E-state index in [0.29, 0.717) is 5.69 Å². The molecule has 80 valence electrons. The second kappa shape index (κ2) is 4.48. The van der Waals surface area contributed by atoms with Crippen molar-refractivity contribution in [1.82, 2.24) is 15.0 Å². The van der Waals surface area contributed by atoms with Crippen LogP contribution in [-0.4, -0.2) is 20.9 Å². The van der Waals surface area contributed by atoms with E-state index in [1.54, 1.807) is 30.7 Å². The lowest BCUT2D eigenvalue weighted by molar-refractivity contribution is 0.102. The maximum atomic E-state index is 11.7. The molecule has 0 aliphatic heterocycles. The number of hydrogen-bond acceptors (Lipinski definition) is 4. The zero-order chi connectivity index (χ0) is 11.4. The van der Waals surface area contributed by atoms with Crippen molar-refractivity contribution in [2.75, 3.05) is 5.32 Å². The van der Waals surface area contributed by atoms with Crippen molar-refractivity contribution in [3.05, 3.63) is 48.3 Å². The Bertz CT molecular complexity index is 481. The lowest BCUT2D eigenvalue weighted by Crippen LogP contribution is -2.14. The number of amides is 1. The Balaban J connectivity index is 2.12. The van der Waals surface area contributed by atoms with E-state index in [1.807, 2.05) is 6.92 Å². The van der Waals surface area contributed by atoms with Gasteiger partial charge in [-0.15, -0.1) is 0 Å². The highest BCUT2D eigenvalue weighted by molar-refractivity contribution is 6.02. The quantitative estimate of drug-likeness (QED) is 0.821. The van der Waals surface area contributed by atoms with Crippen LogP contribution in [0.2, 0.25) is 0 Å². The van der Waals surface area contributed by atoms with Crippen molar-refractivity contribution in [2.45, 2.75) is 6.92 Å². The maximum absolute atomic E-state index is 11.7. The summed E-state index contributed by atoms with van der Waals surface area (Å²) in [4.78, 5) is 23.6. The van der Waals surface area contributed by atoms with Crippen molar-refractivity contribution in [3.8, 4) is 0 Å². The summed E-state index contributed by atoms with van der Waals surface area (Å²) in [7, 11) is 0. The summed E-state index contributed by atoms with van der Waals surface area (Å²) in [6, 6.07) is 3.50. The molecule has 0 aromatic carbocycles. The Labute approximate surface area is 92.6 Å². The van der Waals surface area contributed by atoms with Crippen LogP contribution in [0.15, 0.2) is 36.9 Å². The largest absolute Gasteiger partial charge is 0.319 e. The van der Waals surface area contributed by atoms with E-state index in [9.17, 15) is 4.79 Å². The fourth-order valence-corrected chi connectivity index (χ4v) is 1.14. The summed E-state index contributed by atoms with van der Waals surface area (Å²) in [6.45, 7) is 1.82. The van der Waals surface area contributed by atoms with Gasteiger partial charge >= 0.3 is 0 Å². The first kappa shape index (κ1) is 10.2. The molecule has 0 aliphatic carbocycles. The SMILES string of the molecule is Cc1cnc(C(=O)Nc2cccnc2)cn1. The first-order chi connectivity index (χ1) is 7.75. The summed E-state index contributed by atoms with van der Waals surface area (Å²) < 4.78 is 0. The van der Waals surface area contributed by atoms with Gasteiger partial charge in [0.05, 0.1) is 23.8 Å². The van der Waals surface area contributed by atoms with Gasteiger partial charge in [0.15, 0.2) is 0 Å². The number of carbonyl (C=O) groups excluding carboxylic acids is 1. The Morgan fingerprint density at radius 2 is 2.12 bits per heavy atom. The van der Waals surface area contributed by atoms with Crippen LogP contribution >= 0.6 is 0 Å². The molecule has 0 unspecified atom stereocenters. The molecule has 0 radical (unpaired) electrons. The smallest absolute Gasteiger partial charge is 0.275 e. The standard InChI is InChI=1S/C11H10N4O/c1-8-5-14-10(7-13-8)11(16)15-9-3-2-4-12-6-9/h2-7H,1H3,(H,15,16). The molecular weight excluding hydrogens is 204 g/mol. The van der Waals surface area contributed by atoms with Gasteiger partial charge in [-0.05, 0) is 19.1 Å². The van der Waals surface area contributed by atoms with Crippen molar-refractivity contribution in [2.24, 2.45) is 0 Å². The van der Waals surface area contributed by atoms with Crippen LogP contribution in [0.1, 0.15) is 16.2 Å². The summed E-state index contributed by atoms with van der Waals surface area (Å²) in [5, 5.41) is 2.67. The normalized spacial score (nSPS) is 9.81. The minimum atomic E-state index is -0.291. The molecule has 2 heterocycles. The molecule has 0 spiro atoms. The van der Waals surface area contributed by atoms with E-state index in [4.69, 9.17) is 0 Å². The Hall–Kier alpha value is -2.30. The number of anilines is 1. The van der Waals surface area contributed by atoms with Gasteiger partial charge in [-0.3, -0.25) is 14.8 Å². The molecule has 0 saturated carbocycles. The second-order valence-corrected chi connectivity index (χ2v) is 3.24. The first-order valence-corrected chi connectivity index (χ1v) is 4.76. The van der Waals surface area contributed by atoms with Gasteiger partial charge in [-0.1, -0.05) is 0 Å². The molecule has 1 N–H and O–H groups in total. The molecule has 1 amide bonds. The molecule has 0 atom stereocenters. The third-order valence-corrected chi connectivity index (χ3v) is 1.93. The molecule has 0 saturated heterocycles. The number of rotatable bonds is 2. The van der Waals surface area contributed by atoms with Crippen LogP contribution in [0.5, 0.6) is 0 Å². The number of aryl methyl sites for hydroxylation is 1. The molecule has 16 heavy (non-hydrogen) atoms. The van der Waals surface area contributed by atoms with Crippen LogP contribution in [-0.2, 0) is 0 Å². The van der Waals surface area contributed by atoms with Gasteiger partial charge in [0, 0.05) is 12.4 Å². The average molecular weight is 214 g/mol. The van der Waals surface area contributed by atoms with Crippen LogP contribution < -0.4 is 5.32 Å². The van der Waals surface area contributed by atoms with Gasteiger partial charge in [0.25, 0.3) is 5.91 Å². The Kier molecular flexibility index (Phi) is 2.86. The number of nitrogens with zero attached hydrogens (tertiary/aromatic N) is 3. The zero-order valence-electron chi connectivity index (χ0n) is 8.71. The fourth-order valence-electron chi connectivity index (χ4n) is 1.14. The number of aromatic nitrogens is 3. The third kappa shape index (κ3) is 2.38. The Morgan fingerprint density at radius 3 is 2.75 bits per heavy atom. The van der Waals surface area contributed by atoms with E-state index >= 15 is 0 Å². The molecule has 2 aromatic rings. The summed E-state index contributed by atoms with van der Waals surface area (Å²) >= 11 is 0. The number of hydrogen-bond donors (Lipinski definition) is 1. The minimum Gasteiger partial charge on any atom is -0.319 e. The van der Waals surface area contributed by atoms with Gasteiger partial charge in [-0.2, -0.15) is 0 Å². The summed E-state index contributed by atoms with van der Waals surface area (Å²) in [5.41, 5.74) is 1.70. The van der Waals surface area contributed by atoms with Crippen LogP contribution in [0.25, 0.3) is 0 Å². The second-order valence-electron chi connectivity index (χ2n) is 3.24. The molecule has 0 aliphatic rings. The van der Waals surface area contributed by atoms with E-state index in [2.05, 4.69) is 20.3 Å². The third-order valence-electron chi connectivity index (χ3n) is 1.93. The van der Waals surface area contributed by atoms with Crippen molar-refractivity contribution < 1.29 is 4.79 Å². The first-order valence-electron chi connectivity index (χ1n) is 4.76. The van der Waals surface area contributed by atoms with E-state index < -0.39 is 0 Å². The van der Waals surface area contributed by atoms with E-state index in [0.717, 1.165) is 5.69 Å². The molecular formula is C11H10N4O. The highest BCUT2D eigenvalue weighted by atomic mass is 16.1. The van der Waals surface area contributed by atoms with E-state index in [-0.39, 0.29) is 11.6 Å². The molecule has 5 heteroatoms. The molecule has 0 bridgehead atoms. The van der Waals surface area contributed by atoms with Crippen LogP contribution in [0.3, 0.4) is 0 Å². The maximum Gasteiger partial charge on any atom is 0.275 e. The van der Waals surface area contributed by atoms with Gasteiger partial charge in [0.1, 0.15) is 5.69 Å².